The highest BCUT2D eigenvalue weighted by Gasteiger charge is 2.52. The number of hydrogen-bond donors (Lipinski definition) is 0. The van der Waals surface area contributed by atoms with Crippen LogP contribution in [0.5, 0.6) is 11.8 Å². The van der Waals surface area contributed by atoms with Gasteiger partial charge in [-0.1, -0.05) is 11.6 Å². The minimum absolute atomic E-state index is 0.0149. The van der Waals surface area contributed by atoms with Crippen LogP contribution in [0.1, 0.15) is 81.0 Å². The Bertz CT molecular complexity index is 1680. The Hall–Kier alpha value is -2.85. The van der Waals surface area contributed by atoms with Crippen molar-refractivity contribution in [2.45, 2.75) is 108 Å². The highest BCUT2D eigenvalue weighted by molar-refractivity contribution is 6.36. The zero-order valence-electron chi connectivity index (χ0n) is 25.9. The first-order valence-corrected chi connectivity index (χ1v) is 16.9. The molecular formula is C34H39ClF3N5O2. The summed E-state index contributed by atoms with van der Waals surface area (Å²) >= 11 is 7.19. The van der Waals surface area contributed by atoms with Gasteiger partial charge in [-0.15, -0.1) is 0 Å². The number of ether oxygens (including phenoxy) is 2. The van der Waals surface area contributed by atoms with Crippen molar-refractivity contribution in [2.24, 2.45) is 0 Å². The fraction of sp³-hybridized carbons (Fsp3) is 0.618. The molecule has 1 aliphatic carbocycles. The maximum absolute atomic E-state index is 17.1. The van der Waals surface area contributed by atoms with Gasteiger partial charge >= 0.3 is 6.01 Å². The summed E-state index contributed by atoms with van der Waals surface area (Å²) < 4.78 is 59.6. The van der Waals surface area contributed by atoms with E-state index in [1.165, 1.54) is 0 Å². The number of piperidine rings is 1. The summed E-state index contributed by atoms with van der Waals surface area (Å²) in [6.07, 6.45) is 8.02. The van der Waals surface area contributed by atoms with Crippen LogP contribution in [-0.4, -0.2) is 69.4 Å². The zero-order valence-corrected chi connectivity index (χ0v) is 26.7. The molecule has 1 spiro atoms. The summed E-state index contributed by atoms with van der Waals surface area (Å²) in [5.41, 5.74) is 0.807. The van der Waals surface area contributed by atoms with E-state index in [4.69, 9.17) is 26.1 Å². The number of hydrogen-bond acceptors (Lipinski definition) is 7. The first-order valence-electron chi connectivity index (χ1n) is 16.5. The van der Waals surface area contributed by atoms with Gasteiger partial charge in [0, 0.05) is 30.8 Å². The third kappa shape index (κ3) is 4.52. The van der Waals surface area contributed by atoms with Crippen LogP contribution in [0.15, 0.2) is 6.07 Å². The molecule has 3 aromatic rings. The van der Waals surface area contributed by atoms with E-state index in [-0.39, 0.29) is 46.0 Å². The molecule has 0 N–H and O–H groups in total. The molecule has 0 amide bonds. The topological polar surface area (TPSA) is 63.6 Å². The lowest BCUT2D eigenvalue weighted by Crippen LogP contribution is -2.56. The predicted octanol–water partition coefficient (Wildman–Crippen LogP) is 7.59. The van der Waals surface area contributed by atoms with E-state index in [1.807, 2.05) is 0 Å². The molecule has 45 heavy (non-hydrogen) atoms. The standard InChI is InChI=1S/C34H39ClF3N5O2/c1-19-14-20(2)39-28(22(19)16-36)24-26(35)30-25-29(27(24)38)40-32(44-18-33-9-7-12-42(33)17-21(37)15-33)41-31(25)43-13-6-3-8-23(43)34(45-30)10-4-5-11-34/h14,21,23H,3-13,15-18H2,1-2H3/t21-,23+,33+/m1/s1. The smallest absolute Gasteiger partial charge is 0.319 e. The van der Waals surface area contributed by atoms with E-state index in [0.717, 1.165) is 70.9 Å². The molecule has 4 aliphatic heterocycles. The average Bonchev–Trinajstić information content (AvgIpc) is 3.70. The number of aromatic nitrogens is 3. The molecule has 2 aromatic heterocycles. The molecule has 240 valence electrons. The van der Waals surface area contributed by atoms with Crippen LogP contribution in [0.4, 0.5) is 19.0 Å². The summed E-state index contributed by atoms with van der Waals surface area (Å²) in [7, 11) is 0. The number of nitrogens with zero attached hydrogens (tertiary/aromatic N) is 5. The summed E-state index contributed by atoms with van der Waals surface area (Å²) in [6.45, 7) is 4.97. The molecule has 0 unspecified atom stereocenters. The summed E-state index contributed by atoms with van der Waals surface area (Å²) in [5, 5.41) is 0.484. The number of fused-ring (bicyclic) bond motifs is 4. The largest absolute Gasteiger partial charge is 0.483 e. The Morgan fingerprint density at radius 2 is 1.89 bits per heavy atom. The van der Waals surface area contributed by atoms with Crippen molar-refractivity contribution in [1.82, 2.24) is 19.9 Å². The van der Waals surface area contributed by atoms with E-state index < -0.39 is 29.8 Å². The number of rotatable bonds is 5. The molecule has 1 aromatic carbocycles. The number of alkyl halides is 2. The lowest BCUT2D eigenvalue weighted by atomic mass is 9.85. The Balaban J connectivity index is 1.35. The molecule has 0 bridgehead atoms. The number of aryl methyl sites for hydroxylation is 2. The average molecular weight is 642 g/mol. The van der Waals surface area contributed by atoms with E-state index >= 15 is 4.39 Å². The number of benzene rings is 1. The molecular weight excluding hydrogens is 603 g/mol. The van der Waals surface area contributed by atoms with Crippen molar-refractivity contribution in [3.63, 3.8) is 0 Å². The normalized spacial score (nSPS) is 27.1. The number of anilines is 1. The van der Waals surface area contributed by atoms with E-state index in [9.17, 15) is 8.78 Å². The van der Waals surface area contributed by atoms with Crippen LogP contribution >= 0.6 is 11.6 Å². The van der Waals surface area contributed by atoms with E-state index in [2.05, 4.69) is 19.8 Å². The second-order valence-electron chi connectivity index (χ2n) is 13.9. The van der Waals surface area contributed by atoms with Crippen molar-refractivity contribution in [3.8, 4) is 23.0 Å². The second-order valence-corrected chi connectivity index (χ2v) is 14.2. The minimum atomic E-state index is -0.898. The summed E-state index contributed by atoms with van der Waals surface area (Å²) in [5.74, 6) is 0.188. The van der Waals surface area contributed by atoms with Crippen LogP contribution in [0.2, 0.25) is 5.02 Å². The third-order valence-corrected chi connectivity index (χ3v) is 11.5. The van der Waals surface area contributed by atoms with Crippen LogP contribution in [-0.2, 0) is 6.67 Å². The number of pyridine rings is 1. The molecule has 0 radical (unpaired) electrons. The van der Waals surface area contributed by atoms with Gasteiger partial charge in [-0.25, -0.2) is 13.2 Å². The highest BCUT2D eigenvalue weighted by Crippen LogP contribution is 2.54. The Morgan fingerprint density at radius 3 is 2.69 bits per heavy atom. The van der Waals surface area contributed by atoms with Crippen molar-refractivity contribution in [2.75, 3.05) is 31.1 Å². The fourth-order valence-electron chi connectivity index (χ4n) is 9.11. The quantitative estimate of drug-likeness (QED) is 0.284. The number of halogens is 4. The van der Waals surface area contributed by atoms with Gasteiger partial charge in [0.25, 0.3) is 0 Å². The van der Waals surface area contributed by atoms with Gasteiger partial charge in [-0.3, -0.25) is 9.88 Å². The monoisotopic (exact) mass is 641 g/mol. The lowest BCUT2D eigenvalue weighted by Gasteiger charge is -2.45. The molecule has 4 fully saturated rings. The van der Waals surface area contributed by atoms with Gasteiger partial charge in [0.2, 0.25) is 0 Å². The zero-order chi connectivity index (χ0) is 31.1. The van der Waals surface area contributed by atoms with Gasteiger partial charge in [0.1, 0.15) is 36.4 Å². The Kier molecular flexibility index (Phi) is 7.13. The maximum atomic E-state index is 17.1. The van der Waals surface area contributed by atoms with Crippen LogP contribution in [0.3, 0.4) is 0 Å². The van der Waals surface area contributed by atoms with E-state index in [0.29, 0.717) is 41.2 Å². The SMILES string of the molecule is Cc1cc(C)c(CF)c(-c2c(Cl)c3c4c(nc(OC[C@@]56CCCN5C[C@H](F)C6)nc4c2F)N2CCCC[C@H]2C2(CCCC2)O3)n1. The summed E-state index contributed by atoms with van der Waals surface area (Å²) in [6, 6.07) is 1.86. The first-order chi connectivity index (χ1) is 21.7. The van der Waals surface area contributed by atoms with E-state index in [1.54, 1.807) is 19.9 Å². The van der Waals surface area contributed by atoms with Crippen molar-refractivity contribution in [3.05, 3.63) is 33.7 Å². The predicted molar refractivity (Wildman–Crippen MR) is 167 cm³/mol. The van der Waals surface area contributed by atoms with Crippen LogP contribution < -0.4 is 14.4 Å². The lowest BCUT2D eigenvalue weighted by molar-refractivity contribution is 0.0405. The van der Waals surface area contributed by atoms with Crippen LogP contribution in [0.25, 0.3) is 22.2 Å². The summed E-state index contributed by atoms with van der Waals surface area (Å²) in [4.78, 5) is 18.7. The molecule has 11 heteroatoms. The van der Waals surface area contributed by atoms with Crippen molar-refractivity contribution in [1.29, 1.82) is 0 Å². The van der Waals surface area contributed by atoms with Gasteiger partial charge in [0.05, 0.1) is 33.2 Å². The van der Waals surface area contributed by atoms with Crippen molar-refractivity contribution < 1.29 is 22.6 Å². The van der Waals surface area contributed by atoms with Gasteiger partial charge in [-0.05, 0) is 89.8 Å². The molecule has 3 saturated heterocycles. The molecule has 1 saturated carbocycles. The van der Waals surface area contributed by atoms with Gasteiger partial charge in [0.15, 0.2) is 11.6 Å². The molecule has 3 atom stereocenters. The van der Waals surface area contributed by atoms with Gasteiger partial charge < -0.3 is 14.4 Å². The fourth-order valence-corrected chi connectivity index (χ4v) is 9.42. The molecule has 7 nitrogen and oxygen atoms in total. The van der Waals surface area contributed by atoms with Gasteiger partial charge in [-0.2, -0.15) is 9.97 Å². The van der Waals surface area contributed by atoms with Crippen molar-refractivity contribution >= 4 is 28.3 Å². The highest BCUT2D eigenvalue weighted by atomic mass is 35.5. The Morgan fingerprint density at radius 1 is 1.07 bits per heavy atom. The Labute approximate surface area is 266 Å². The molecule has 6 heterocycles. The first kappa shape index (κ1) is 29.5. The molecule has 8 rings (SSSR count). The third-order valence-electron chi connectivity index (χ3n) is 11.2. The van der Waals surface area contributed by atoms with Crippen LogP contribution in [0, 0.1) is 19.7 Å². The molecule has 5 aliphatic rings. The maximum Gasteiger partial charge on any atom is 0.319 e. The minimum Gasteiger partial charge on any atom is -0.483 e. The second kappa shape index (κ2) is 10.9.